The molecule has 0 saturated heterocycles. The molecule has 1 aliphatic rings. The summed E-state index contributed by atoms with van der Waals surface area (Å²) in [5.74, 6) is 0.235. The highest BCUT2D eigenvalue weighted by Gasteiger charge is 2.44. The molecule has 2 aromatic carbocycles. The van der Waals surface area contributed by atoms with Crippen LogP contribution in [0, 0.1) is 20.8 Å². The van der Waals surface area contributed by atoms with Crippen molar-refractivity contribution in [3.05, 3.63) is 98.5 Å². The molecule has 0 aliphatic carbocycles. The number of anilines is 1. The highest BCUT2D eigenvalue weighted by Crippen LogP contribution is 2.41. The van der Waals surface area contributed by atoms with E-state index < -0.39 is 6.04 Å². The fraction of sp³-hybridized carbons (Fsp3) is 0.192. The maximum absolute atomic E-state index is 13.7. The first-order valence-corrected chi connectivity index (χ1v) is 11.6. The third-order valence-corrected chi connectivity index (χ3v) is 6.78. The van der Waals surface area contributed by atoms with Crippen molar-refractivity contribution in [3.63, 3.8) is 0 Å². The summed E-state index contributed by atoms with van der Waals surface area (Å²) in [5, 5.41) is 0.490. The molecule has 1 amide bonds. The average molecular weight is 443 g/mol. The van der Waals surface area contributed by atoms with Crippen LogP contribution in [0.3, 0.4) is 0 Å². The summed E-state index contributed by atoms with van der Waals surface area (Å²) < 4.78 is 6.09. The van der Waals surface area contributed by atoms with Gasteiger partial charge in [0, 0.05) is 10.6 Å². The summed E-state index contributed by atoms with van der Waals surface area (Å²) in [5.41, 5.74) is 4.27. The number of pyridine rings is 1. The molecule has 0 fully saturated rings. The lowest BCUT2D eigenvalue weighted by atomic mass is 9.97. The van der Waals surface area contributed by atoms with Crippen LogP contribution in [0.1, 0.15) is 44.5 Å². The summed E-state index contributed by atoms with van der Waals surface area (Å²) in [6.07, 6.45) is 2.01. The predicted octanol–water partition coefficient (Wildman–Crippen LogP) is 5.58. The Kier molecular flexibility index (Phi) is 4.90. The number of carbonyl (C=O) groups excluding carboxylic acids is 1. The minimum Gasteiger partial charge on any atom is -0.450 e. The van der Waals surface area contributed by atoms with Crippen molar-refractivity contribution in [2.24, 2.45) is 0 Å². The number of benzene rings is 2. The Morgan fingerprint density at radius 1 is 0.969 bits per heavy atom. The molecular formula is C26H22N2O3S. The third-order valence-electron chi connectivity index (χ3n) is 6.04. The van der Waals surface area contributed by atoms with E-state index in [0.29, 0.717) is 22.4 Å². The monoisotopic (exact) mass is 442 g/mol. The van der Waals surface area contributed by atoms with Gasteiger partial charge in [0.05, 0.1) is 17.0 Å². The van der Waals surface area contributed by atoms with E-state index in [4.69, 9.17) is 4.42 Å². The van der Waals surface area contributed by atoms with E-state index in [1.54, 1.807) is 22.7 Å². The number of aryl methyl sites for hydroxylation is 3. The molecule has 5 rings (SSSR count). The molecule has 160 valence electrons. The van der Waals surface area contributed by atoms with Crippen molar-refractivity contribution >= 4 is 34.5 Å². The minimum absolute atomic E-state index is 0.0907. The summed E-state index contributed by atoms with van der Waals surface area (Å²) in [6.45, 7) is 5.81. The lowest BCUT2D eigenvalue weighted by molar-refractivity contribution is 0.0970. The molecule has 0 saturated carbocycles. The Balaban J connectivity index is 1.81. The van der Waals surface area contributed by atoms with Gasteiger partial charge in [-0.3, -0.25) is 14.5 Å². The van der Waals surface area contributed by atoms with Crippen molar-refractivity contribution in [1.29, 1.82) is 0 Å². The van der Waals surface area contributed by atoms with Crippen LogP contribution in [0.2, 0.25) is 0 Å². The van der Waals surface area contributed by atoms with Gasteiger partial charge in [0.1, 0.15) is 11.4 Å². The lowest BCUT2D eigenvalue weighted by Gasteiger charge is -2.24. The van der Waals surface area contributed by atoms with Crippen molar-refractivity contribution in [2.75, 3.05) is 11.2 Å². The van der Waals surface area contributed by atoms with E-state index in [2.05, 4.69) is 4.98 Å². The van der Waals surface area contributed by atoms with E-state index in [-0.39, 0.29) is 17.1 Å². The zero-order valence-corrected chi connectivity index (χ0v) is 19.1. The van der Waals surface area contributed by atoms with E-state index in [1.165, 1.54) is 0 Å². The molecule has 3 heterocycles. The van der Waals surface area contributed by atoms with Crippen molar-refractivity contribution < 1.29 is 9.21 Å². The highest BCUT2D eigenvalue weighted by molar-refractivity contribution is 7.98. The SMILES string of the molecule is CSc1ccc(C2c3c(oc4cc(C)c(C)cc4c3=O)C(=O)N2c2cccc(C)n2)cc1. The zero-order valence-electron chi connectivity index (χ0n) is 18.3. The Hall–Kier alpha value is -3.38. The van der Waals surface area contributed by atoms with Crippen LogP contribution in [0.4, 0.5) is 5.82 Å². The summed E-state index contributed by atoms with van der Waals surface area (Å²) in [4.78, 5) is 34.6. The largest absolute Gasteiger partial charge is 0.450 e. The fourth-order valence-electron chi connectivity index (χ4n) is 4.23. The number of hydrogen-bond acceptors (Lipinski definition) is 5. The second-order valence-corrected chi connectivity index (χ2v) is 8.97. The van der Waals surface area contributed by atoms with Gasteiger partial charge in [-0.15, -0.1) is 11.8 Å². The first-order chi connectivity index (χ1) is 15.4. The molecule has 32 heavy (non-hydrogen) atoms. The second-order valence-electron chi connectivity index (χ2n) is 8.09. The maximum Gasteiger partial charge on any atom is 0.296 e. The lowest BCUT2D eigenvalue weighted by Crippen LogP contribution is -2.30. The van der Waals surface area contributed by atoms with Crippen LogP contribution in [-0.4, -0.2) is 17.1 Å². The van der Waals surface area contributed by atoms with Gasteiger partial charge < -0.3 is 4.42 Å². The summed E-state index contributed by atoms with van der Waals surface area (Å²) in [7, 11) is 0. The van der Waals surface area contributed by atoms with Crippen LogP contribution >= 0.6 is 11.8 Å². The molecule has 1 unspecified atom stereocenters. The van der Waals surface area contributed by atoms with Gasteiger partial charge in [0.2, 0.25) is 5.76 Å². The van der Waals surface area contributed by atoms with Gasteiger partial charge in [-0.2, -0.15) is 0 Å². The fourth-order valence-corrected chi connectivity index (χ4v) is 4.64. The quantitative estimate of drug-likeness (QED) is 0.387. The molecule has 1 aliphatic heterocycles. The van der Waals surface area contributed by atoms with E-state index >= 15 is 0 Å². The number of hydrogen-bond donors (Lipinski definition) is 0. The van der Waals surface area contributed by atoms with Crippen LogP contribution in [-0.2, 0) is 0 Å². The van der Waals surface area contributed by atoms with E-state index in [1.807, 2.05) is 75.6 Å². The predicted molar refractivity (Wildman–Crippen MR) is 128 cm³/mol. The number of carbonyl (C=O) groups is 1. The molecular weight excluding hydrogens is 420 g/mol. The first kappa shape index (κ1) is 20.5. The smallest absolute Gasteiger partial charge is 0.296 e. The van der Waals surface area contributed by atoms with Gasteiger partial charge in [0.15, 0.2) is 5.43 Å². The number of amides is 1. The Morgan fingerprint density at radius 2 is 1.69 bits per heavy atom. The molecule has 0 bridgehead atoms. The summed E-state index contributed by atoms with van der Waals surface area (Å²) in [6, 6.07) is 16.5. The summed E-state index contributed by atoms with van der Waals surface area (Å²) >= 11 is 1.64. The number of fused-ring (bicyclic) bond motifs is 2. The van der Waals surface area contributed by atoms with Crippen LogP contribution in [0.15, 0.2) is 68.7 Å². The average Bonchev–Trinajstić information content (AvgIpc) is 3.08. The topological polar surface area (TPSA) is 63.4 Å². The number of nitrogens with zero attached hydrogens (tertiary/aromatic N) is 2. The van der Waals surface area contributed by atoms with Gasteiger partial charge in [0.25, 0.3) is 5.91 Å². The molecule has 0 spiro atoms. The van der Waals surface area contributed by atoms with E-state index in [9.17, 15) is 9.59 Å². The normalized spacial score (nSPS) is 15.4. The standard InChI is InChI=1S/C26H22N2O3S/c1-14-12-19-20(13-15(14)2)31-25-22(24(19)29)23(17-8-10-18(32-4)11-9-17)28(26(25)30)21-7-5-6-16(3)27-21/h5-13,23H,1-4H3. The van der Waals surface area contributed by atoms with Gasteiger partial charge in [-0.25, -0.2) is 4.98 Å². The first-order valence-electron chi connectivity index (χ1n) is 10.4. The number of aromatic nitrogens is 1. The minimum atomic E-state index is -0.607. The third kappa shape index (κ3) is 3.14. The van der Waals surface area contributed by atoms with Crippen LogP contribution in [0.5, 0.6) is 0 Å². The number of rotatable bonds is 3. The van der Waals surface area contributed by atoms with Crippen molar-refractivity contribution in [3.8, 4) is 0 Å². The van der Waals surface area contributed by atoms with Crippen molar-refractivity contribution in [2.45, 2.75) is 31.7 Å². The Morgan fingerprint density at radius 3 is 2.38 bits per heavy atom. The maximum atomic E-state index is 13.7. The zero-order chi connectivity index (χ0) is 22.6. The molecule has 6 heteroatoms. The Labute approximate surface area is 190 Å². The molecule has 1 atom stereocenters. The van der Waals surface area contributed by atoms with Crippen LogP contribution in [0.25, 0.3) is 11.0 Å². The molecule has 0 radical (unpaired) electrons. The molecule has 0 N–H and O–H groups in total. The van der Waals surface area contributed by atoms with Gasteiger partial charge in [-0.05, 0) is 80.1 Å². The Bertz CT molecular complexity index is 1440. The molecule has 5 nitrogen and oxygen atoms in total. The van der Waals surface area contributed by atoms with E-state index in [0.717, 1.165) is 27.3 Å². The number of thioether (sulfide) groups is 1. The van der Waals surface area contributed by atoms with Gasteiger partial charge >= 0.3 is 0 Å². The van der Waals surface area contributed by atoms with Crippen molar-refractivity contribution in [1.82, 2.24) is 4.98 Å². The van der Waals surface area contributed by atoms with Crippen LogP contribution < -0.4 is 10.3 Å². The highest BCUT2D eigenvalue weighted by atomic mass is 32.2. The molecule has 4 aromatic rings. The molecule has 2 aromatic heterocycles. The van der Waals surface area contributed by atoms with Gasteiger partial charge in [-0.1, -0.05) is 18.2 Å². The second kappa shape index (κ2) is 7.64.